The average molecular weight is 412 g/mol. The number of hydrogen-bond donors (Lipinski definition) is 3. The summed E-state index contributed by atoms with van der Waals surface area (Å²) in [4.78, 5) is 24.2. The Morgan fingerprint density at radius 1 is 0.966 bits per heavy atom. The van der Waals surface area contributed by atoms with Crippen LogP contribution in [0, 0.1) is 5.92 Å². The van der Waals surface area contributed by atoms with Crippen molar-refractivity contribution in [2.24, 2.45) is 5.92 Å². The molecule has 1 aliphatic rings. The molecule has 2 aromatic carbocycles. The van der Waals surface area contributed by atoms with E-state index >= 15 is 0 Å². The van der Waals surface area contributed by atoms with Gasteiger partial charge in [-0.2, -0.15) is 12.6 Å². The number of thiol groups is 1. The normalized spacial score (nSPS) is 16.7. The number of aliphatic carboxylic acids is 1. The van der Waals surface area contributed by atoms with Crippen LogP contribution in [0.25, 0.3) is 11.1 Å². The third-order valence-electron chi connectivity index (χ3n) is 5.70. The first-order chi connectivity index (χ1) is 14.0. The van der Waals surface area contributed by atoms with Crippen molar-refractivity contribution < 1.29 is 14.7 Å². The molecule has 0 aromatic heterocycles. The summed E-state index contributed by atoms with van der Waals surface area (Å²) in [7, 11) is 0. The number of nitrogens with one attached hydrogen (secondary N) is 1. The Bertz CT molecular complexity index is 801. The molecule has 2 atom stereocenters. The van der Waals surface area contributed by atoms with E-state index in [1.807, 2.05) is 54.6 Å². The molecule has 154 valence electrons. The lowest BCUT2D eigenvalue weighted by Crippen LogP contribution is -2.45. The molecule has 2 aromatic rings. The quantitative estimate of drug-likeness (QED) is 0.550. The molecule has 0 radical (unpaired) electrons. The van der Waals surface area contributed by atoms with Gasteiger partial charge in [0.25, 0.3) is 0 Å². The third-order valence-corrected chi connectivity index (χ3v) is 6.14. The number of carbonyl (C=O) groups excluding carboxylic acids is 1. The Hall–Kier alpha value is -2.27. The fraction of sp³-hybridized carbons (Fsp3) is 0.417. The van der Waals surface area contributed by atoms with Gasteiger partial charge >= 0.3 is 5.97 Å². The Balaban J connectivity index is 1.58. The van der Waals surface area contributed by atoms with Gasteiger partial charge in [-0.3, -0.25) is 4.79 Å². The van der Waals surface area contributed by atoms with Gasteiger partial charge in [0.1, 0.15) is 6.04 Å². The van der Waals surface area contributed by atoms with Crippen molar-refractivity contribution in [2.75, 3.05) is 0 Å². The van der Waals surface area contributed by atoms with E-state index in [4.69, 9.17) is 0 Å². The third kappa shape index (κ3) is 6.36. The van der Waals surface area contributed by atoms with E-state index in [2.05, 4.69) is 17.9 Å². The SMILES string of the molecule is O=C(O)[C@H](Cc1ccc(-c2ccccc2)cc1)NC(=O)[C@@H](S)CC1CCCCC1. The van der Waals surface area contributed by atoms with Gasteiger partial charge in [-0.15, -0.1) is 0 Å². The minimum atomic E-state index is -1.02. The average Bonchev–Trinajstić information content (AvgIpc) is 2.75. The molecule has 0 unspecified atom stereocenters. The lowest BCUT2D eigenvalue weighted by molar-refractivity contribution is -0.141. The van der Waals surface area contributed by atoms with Crippen molar-refractivity contribution in [3.63, 3.8) is 0 Å². The van der Waals surface area contributed by atoms with E-state index in [1.165, 1.54) is 19.3 Å². The zero-order chi connectivity index (χ0) is 20.6. The van der Waals surface area contributed by atoms with Crippen LogP contribution in [0.3, 0.4) is 0 Å². The topological polar surface area (TPSA) is 66.4 Å². The Morgan fingerprint density at radius 3 is 2.21 bits per heavy atom. The summed E-state index contributed by atoms with van der Waals surface area (Å²) >= 11 is 4.45. The van der Waals surface area contributed by atoms with E-state index in [0.29, 0.717) is 12.3 Å². The van der Waals surface area contributed by atoms with Crippen molar-refractivity contribution in [3.05, 3.63) is 60.2 Å². The monoisotopic (exact) mass is 411 g/mol. The highest BCUT2D eigenvalue weighted by molar-refractivity contribution is 7.81. The van der Waals surface area contributed by atoms with Gasteiger partial charge in [0.2, 0.25) is 5.91 Å². The molecule has 29 heavy (non-hydrogen) atoms. The van der Waals surface area contributed by atoms with Gasteiger partial charge in [0.05, 0.1) is 5.25 Å². The number of carboxylic acid groups (broad SMARTS) is 1. The van der Waals surface area contributed by atoms with Gasteiger partial charge in [0.15, 0.2) is 0 Å². The molecular weight excluding hydrogens is 382 g/mol. The van der Waals surface area contributed by atoms with Crippen LogP contribution < -0.4 is 5.32 Å². The fourth-order valence-corrected chi connectivity index (χ4v) is 4.39. The van der Waals surface area contributed by atoms with Crippen molar-refractivity contribution in [1.82, 2.24) is 5.32 Å². The number of hydrogen-bond acceptors (Lipinski definition) is 3. The lowest BCUT2D eigenvalue weighted by atomic mass is 9.86. The Labute approximate surface area is 178 Å². The molecular formula is C24H29NO3S. The summed E-state index contributed by atoms with van der Waals surface area (Å²) in [6.45, 7) is 0. The Kier molecular flexibility index (Phi) is 7.76. The minimum Gasteiger partial charge on any atom is -0.480 e. The molecule has 5 heteroatoms. The van der Waals surface area contributed by atoms with Crippen LogP contribution in [0.2, 0.25) is 0 Å². The standard InChI is InChI=1S/C24H29NO3S/c26-23(22(29)16-17-7-3-1-4-8-17)25-21(24(27)28)15-18-11-13-20(14-12-18)19-9-5-2-6-10-19/h2,5-6,9-14,17,21-22,29H,1,3-4,7-8,15-16H2,(H,25,26)(H,27,28)/t21-,22-/m0/s1. The smallest absolute Gasteiger partial charge is 0.326 e. The number of carboxylic acids is 1. The van der Waals surface area contributed by atoms with Crippen molar-refractivity contribution in [1.29, 1.82) is 0 Å². The highest BCUT2D eigenvalue weighted by Gasteiger charge is 2.26. The molecule has 3 rings (SSSR count). The second-order valence-electron chi connectivity index (χ2n) is 7.92. The molecule has 0 aliphatic heterocycles. The van der Waals surface area contributed by atoms with Crippen LogP contribution in [0.4, 0.5) is 0 Å². The highest BCUT2D eigenvalue weighted by Crippen LogP contribution is 2.28. The molecule has 0 bridgehead atoms. The van der Waals surface area contributed by atoms with E-state index in [0.717, 1.165) is 29.5 Å². The Morgan fingerprint density at radius 2 is 1.59 bits per heavy atom. The number of carbonyl (C=O) groups is 2. The zero-order valence-electron chi connectivity index (χ0n) is 16.6. The van der Waals surface area contributed by atoms with E-state index < -0.39 is 17.3 Å². The molecule has 4 nitrogen and oxygen atoms in total. The predicted molar refractivity (Wildman–Crippen MR) is 119 cm³/mol. The largest absolute Gasteiger partial charge is 0.480 e. The highest BCUT2D eigenvalue weighted by atomic mass is 32.1. The van der Waals surface area contributed by atoms with Gasteiger partial charge in [-0.05, 0) is 29.0 Å². The van der Waals surface area contributed by atoms with Gasteiger partial charge in [-0.1, -0.05) is 86.7 Å². The number of amides is 1. The first-order valence-electron chi connectivity index (χ1n) is 10.4. The van der Waals surface area contributed by atoms with Gasteiger partial charge in [-0.25, -0.2) is 4.79 Å². The fourth-order valence-electron chi connectivity index (χ4n) is 4.01. The first kappa shape index (κ1) is 21.4. The predicted octanol–water partition coefficient (Wildman–Crippen LogP) is 4.73. The molecule has 1 aliphatic carbocycles. The molecule has 0 heterocycles. The molecule has 0 spiro atoms. The van der Waals surface area contributed by atoms with Crippen molar-refractivity contribution in [3.8, 4) is 11.1 Å². The second-order valence-corrected chi connectivity index (χ2v) is 8.55. The van der Waals surface area contributed by atoms with Crippen molar-refractivity contribution in [2.45, 2.75) is 56.2 Å². The maximum Gasteiger partial charge on any atom is 0.326 e. The van der Waals surface area contributed by atoms with Gasteiger partial charge < -0.3 is 10.4 Å². The summed E-state index contributed by atoms with van der Waals surface area (Å²) in [5, 5.41) is 11.8. The minimum absolute atomic E-state index is 0.250. The maximum atomic E-state index is 12.5. The molecule has 2 N–H and O–H groups in total. The summed E-state index contributed by atoms with van der Waals surface area (Å²) in [6, 6.07) is 16.9. The lowest BCUT2D eigenvalue weighted by Gasteiger charge is -2.24. The van der Waals surface area contributed by atoms with Crippen LogP contribution >= 0.6 is 12.6 Å². The van der Waals surface area contributed by atoms with Crippen LogP contribution in [0.15, 0.2) is 54.6 Å². The van der Waals surface area contributed by atoms with Crippen LogP contribution in [-0.2, 0) is 16.0 Å². The summed E-state index contributed by atoms with van der Waals surface area (Å²) in [5.41, 5.74) is 3.07. The first-order valence-corrected chi connectivity index (χ1v) is 10.9. The van der Waals surface area contributed by atoms with E-state index in [9.17, 15) is 14.7 Å². The van der Waals surface area contributed by atoms with Crippen LogP contribution in [-0.4, -0.2) is 28.3 Å². The zero-order valence-corrected chi connectivity index (χ0v) is 17.5. The summed E-state index contributed by atoms with van der Waals surface area (Å²) < 4.78 is 0. The molecule has 1 saturated carbocycles. The van der Waals surface area contributed by atoms with Gasteiger partial charge in [0, 0.05) is 6.42 Å². The van der Waals surface area contributed by atoms with E-state index in [1.54, 1.807) is 0 Å². The van der Waals surface area contributed by atoms with Crippen LogP contribution in [0.1, 0.15) is 44.1 Å². The molecule has 1 fully saturated rings. The van der Waals surface area contributed by atoms with Crippen LogP contribution in [0.5, 0.6) is 0 Å². The summed E-state index contributed by atoms with van der Waals surface area (Å²) in [5.74, 6) is -0.790. The second kappa shape index (κ2) is 10.5. The van der Waals surface area contributed by atoms with E-state index in [-0.39, 0.29) is 12.3 Å². The molecule has 0 saturated heterocycles. The summed E-state index contributed by atoms with van der Waals surface area (Å²) in [6.07, 6.45) is 6.94. The number of benzene rings is 2. The molecule has 1 amide bonds. The number of rotatable bonds is 8. The van der Waals surface area contributed by atoms with Crippen molar-refractivity contribution >= 4 is 24.5 Å². The maximum absolute atomic E-state index is 12.5.